The Morgan fingerprint density at radius 1 is 1.48 bits per heavy atom. The number of aromatic amines is 1. The van der Waals surface area contributed by atoms with Crippen LogP contribution in [-0.4, -0.2) is 37.1 Å². The fraction of sp³-hybridized carbons (Fsp3) is 0.250. The minimum atomic E-state index is -3.72. The maximum Gasteiger partial charge on any atom is 0.248 e. The molecule has 0 aliphatic carbocycles. The van der Waals surface area contributed by atoms with Gasteiger partial charge in [-0.05, 0) is 18.2 Å². The van der Waals surface area contributed by atoms with Crippen molar-refractivity contribution in [2.24, 2.45) is 0 Å². The van der Waals surface area contributed by atoms with Gasteiger partial charge in [0.05, 0.1) is 13.3 Å². The number of hydrogen-bond acceptors (Lipinski definition) is 5. The van der Waals surface area contributed by atoms with Crippen LogP contribution in [0.2, 0.25) is 0 Å². The summed E-state index contributed by atoms with van der Waals surface area (Å²) in [6, 6.07) is 5.40. The van der Waals surface area contributed by atoms with Gasteiger partial charge in [-0.3, -0.25) is 5.10 Å². The number of benzene rings is 1. The molecule has 0 amide bonds. The van der Waals surface area contributed by atoms with Crippen molar-refractivity contribution >= 4 is 31.8 Å². The van der Waals surface area contributed by atoms with Gasteiger partial charge in [-0.25, -0.2) is 8.42 Å². The number of nitrogens with one attached hydrogen (secondary N) is 1. The summed E-state index contributed by atoms with van der Waals surface area (Å²) in [7, 11) is -0.707. The van der Waals surface area contributed by atoms with E-state index in [0.29, 0.717) is 5.75 Å². The molecule has 3 N–H and O–H groups in total. The van der Waals surface area contributed by atoms with Gasteiger partial charge in [0.2, 0.25) is 10.0 Å². The van der Waals surface area contributed by atoms with Crippen LogP contribution < -0.4 is 10.5 Å². The van der Waals surface area contributed by atoms with Crippen LogP contribution in [0.1, 0.15) is 5.56 Å². The van der Waals surface area contributed by atoms with Crippen molar-refractivity contribution in [1.29, 1.82) is 0 Å². The molecule has 0 bridgehead atoms. The van der Waals surface area contributed by atoms with E-state index in [1.54, 1.807) is 6.07 Å². The van der Waals surface area contributed by atoms with E-state index >= 15 is 0 Å². The molecule has 1 heterocycles. The molecule has 9 heteroatoms. The lowest BCUT2D eigenvalue weighted by molar-refractivity contribution is 0.398. The number of hydrogen-bond donors (Lipinski definition) is 2. The van der Waals surface area contributed by atoms with Gasteiger partial charge in [-0.1, -0.05) is 15.9 Å². The smallest absolute Gasteiger partial charge is 0.248 e. The third kappa shape index (κ3) is 3.20. The monoisotopic (exact) mass is 374 g/mol. The number of ether oxygens (including phenoxy) is 1. The molecule has 0 saturated heterocycles. The van der Waals surface area contributed by atoms with Crippen LogP contribution in [0.4, 0.5) is 5.82 Å². The van der Waals surface area contributed by atoms with E-state index in [1.165, 1.54) is 24.7 Å². The van der Waals surface area contributed by atoms with Gasteiger partial charge in [-0.2, -0.15) is 9.40 Å². The van der Waals surface area contributed by atoms with Crippen LogP contribution in [0.5, 0.6) is 5.75 Å². The van der Waals surface area contributed by atoms with E-state index in [1.807, 2.05) is 12.1 Å². The third-order valence-electron chi connectivity index (χ3n) is 2.96. The first kappa shape index (κ1) is 15.8. The van der Waals surface area contributed by atoms with Crippen LogP contribution in [0.3, 0.4) is 0 Å². The number of methoxy groups -OCH3 is 1. The molecule has 114 valence electrons. The van der Waals surface area contributed by atoms with E-state index in [-0.39, 0.29) is 17.3 Å². The largest absolute Gasteiger partial charge is 0.496 e. The van der Waals surface area contributed by atoms with Gasteiger partial charge < -0.3 is 10.5 Å². The highest BCUT2D eigenvalue weighted by Crippen LogP contribution is 2.26. The van der Waals surface area contributed by atoms with Gasteiger partial charge in [0.25, 0.3) is 0 Å². The standard InChI is InChI=1S/C12H15BrN4O3S/c1-17(21(18,19)11-6-15-16-12(11)14)7-8-5-9(13)3-4-10(8)20-2/h3-6H,7H2,1-2H3,(H3,14,15,16). The number of halogens is 1. The number of sulfonamides is 1. The fourth-order valence-electron chi connectivity index (χ4n) is 1.85. The second-order valence-corrected chi connectivity index (χ2v) is 7.29. The average molecular weight is 375 g/mol. The van der Waals surface area contributed by atoms with Crippen LogP contribution in [-0.2, 0) is 16.6 Å². The number of aromatic nitrogens is 2. The fourth-order valence-corrected chi connectivity index (χ4v) is 3.42. The number of nitrogens with zero attached hydrogens (tertiary/aromatic N) is 2. The predicted octanol–water partition coefficient (Wildman–Crippen LogP) is 1.58. The van der Waals surface area contributed by atoms with Gasteiger partial charge in [-0.15, -0.1) is 0 Å². The number of nitrogen functional groups attached to an aromatic ring is 1. The summed E-state index contributed by atoms with van der Waals surface area (Å²) in [4.78, 5) is -0.0426. The highest BCUT2D eigenvalue weighted by atomic mass is 79.9. The van der Waals surface area contributed by atoms with Crippen molar-refractivity contribution < 1.29 is 13.2 Å². The summed E-state index contributed by atoms with van der Waals surface area (Å²) in [6.07, 6.45) is 1.19. The van der Waals surface area contributed by atoms with Crippen molar-refractivity contribution in [1.82, 2.24) is 14.5 Å². The molecule has 0 saturated carbocycles. The zero-order valence-electron chi connectivity index (χ0n) is 11.5. The Morgan fingerprint density at radius 3 is 2.76 bits per heavy atom. The Labute approximate surface area is 131 Å². The molecule has 0 fully saturated rings. The van der Waals surface area contributed by atoms with Gasteiger partial charge in [0.1, 0.15) is 16.5 Å². The number of H-pyrrole nitrogens is 1. The lowest BCUT2D eigenvalue weighted by Crippen LogP contribution is -2.27. The summed E-state index contributed by atoms with van der Waals surface area (Å²) in [6.45, 7) is 0.148. The number of nitrogens with two attached hydrogens (primary N) is 1. The summed E-state index contributed by atoms with van der Waals surface area (Å²) < 4.78 is 32.1. The van der Waals surface area contributed by atoms with E-state index in [9.17, 15) is 8.42 Å². The number of rotatable bonds is 5. The summed E-state index contributed by atoms with van der Waals surface area (Å²) in [5, 5.41) is 6.05. The van der Waals surface area contributed by atoms with E-state index in [2.05, 4.69) is 26.1 Å². The summed E-state index contributed by atoms with van der Waals surface area (Å²) in [5.41, 5.74) is 6.32. The predicted molar refractivity (Wildman–Crippen MR) is 82.3 cm³/mol. The van der Waals surface area contributed by atoms with E-state index in [4.69, 9.17) is 10.5 Å². The Hall–Kier alpha value is -1.58. The van der Waals surface area contributed by atoms with Crippen molar-refractivity contribution in [3.8, 4) is 5.75 Å². The quantitative estimate of drug-likeness (QED) is 0.827. The van der Waals surface area contributed by atoms with E-state index in [0.717, 1.165) is 10.0 Å². The van der Waals surface area contributed by atoms with Crippen molar-refractivity contribution in [2.75, 3.05) is 19.9 Å². The molecule has 7 nitrogen and oxygen atoms in total. The molecule has 0 atom stereocenters. The molecule has 2 aromatic rings. The van der Waals surface area contributed by atoms with Gasteiger partial charge in [0, 0.05) is 23.6 Å². The SMILES string of the molecule is COc1ccc(Br)cc1CN(C)S(=O)(=O)c1cn[nH]c1N. The summed E-state index contributed by atoms with van der Waals surface area (Å²) >= 11 is 3.36. The average Bonchev–Trinajstić information content (AvgIpc) is 2.86. The molecule has 2 rings (SSSR count). The lowest BCUT2D eigenvalue weighted by atomic mass is 10.2. The summed E-state index contributed by atoms with van der Waals surface area (Å²) in [5.74, 6) is 0.628. The second-order valence-electron chi connectivity index (χ2n) is 4.37. The molecule has 0 aliphatic rings. The van der Waals surface area contributed by atoms with Crippen LogP contribution in [0.25, 0.3) is 0 Å². The molecular weight excluding hydrogens is 360 g/mol. The first-order chi connectivity index (χ1) is 9.86. The molecule has 21 heavy (non-hydrogen) atoms. The van der Waals surface area contributed by atoms with Crippen LogP contribution in [0, 0.1) is 0 Å². The lowest BCUT2D eigenvalue weighted by Gasteiger charge is -2.18. The molecular formula is C12H15BrN4O3S. The molecule has 0 radical (unpaired) electrons. The first-order valence-electron chi connectivity index (χ1n) is 5.94. The molecule has 0 spiro atoms. The zero-order chi connectivity index (χ0) is 15.6. The minimum Gasteiger partial charge on any atom is -0.496 e. The first-order valence-corrected chi connectivity index (χ1v) is 8.17. The van der Waals surface area contributed by atoms with Crippen molar-refractivity contribution in [3.63, 3.8) is 0 Å². The van der Waals surface area contributed by atoms with Gasteiger partial charge >= 0.3 is 0 Å². The van der Waals surface area contributed by atoms with Gasteiger partial charge in [0.15, 0.2) is 0 Å². The molecule has 0 aliphatic heterocycles. The topological polar surface area (TPSA) is 101 Å². The highest BCUT2D eigenvalue weighted by molar-refractivity contribution is 9.10. The second kappa shape index (κ2) is 6.04. The Bertz CT molecular complexity index is 745. The maximum absolute atomic E-state index is 12.4. The normalized spacial score (nSPS) is 11.8. The van der Waals surface area contributed by atoms with Crippen LogP contribution >= 0.6 is 15.9 Å². The van der Waals surface area contributed by atoms with Crippen LogP contribution in [0.15, 0.2) is 33.8 Å². The number of anilines is 1. The Kier molecular flexibility index (Phi) is 4.55. The minimum absolute atomic E-state index is 0.0167. The Morgan fingerprint density at radius 2 is 2.19 bits per heavy atom. The third-order valence-corrected chi connectivity index (χ3v) is 5.28. The van der Waals surface area contributed by atoms with E-state index < -0.39 is 10.0 Å². The molecule has 1 aromatic heterocycles. The molecule has 1 aromatic carbocycles. The highest BCUT2D eigenvalue weighted by Gasteiger charge is 2.25. The zero-order valence-corrected chi connectivity index (χ0v) is 13.9. The maximum atomic E-state index is 12.4. The van der Waals surface area contributed by atoms with Crippen molar-refractivity contribution in [3.05, 3.63) is 34.4 Å². The van der Waals surface area contributed by atoms with Crippen molar-refractivity contribution in [2.45, 2.75) is 11.4 Å². The molecule has 0 unspecified atom stereocenters. The Balaban J connectivity index is 2.32.